The molecular formula is C21H29N5O19P2. The van der Waals surface area contributed by atoms with Crippen molar-refractivity contribution < 1.29 is 80.6 Å². The molecule has 26 heteroatoms. The van der Waals surface area contributed by atoms with Crippen LogP contribution in [0.15, 0.2) is 27.0 Å². The highest BCUT2D eigenvalue weighted by Crippen LogP contribution is 2.61. The van der Waals surface area contributed by atoms with Crippen LogP contribution < -0.4 is 11.2 Å². The molecule has 5 N–H and O–H groups in total. The molecule has 47 heavy (non-hydrogen) atoms. The van der Waals surface area contributed by atoms with Crippen LogP contribution >= 0.6 is 15.6 Å². The van der Waals surface area contributed by atoms with Crippen LogP contribution in [0.5, 0.6) is 0 Å². The first-order valence-corrected chi connectivity index (χ1v) is 16.0. The predicted octanol–water partition coefficient (Wildman–Crippen LogP) is -1.76. The van der Waals surface area contributed by atoms with Gasteiger partial charge in [0.1, 0.15) is 24.4 Å². The summed E-state index contributed by atoms with van der Waals surface area (Å²) in [5.41, 5.74) is 6.94. The second-order valence-electron chi connectivity index (χ2n) is 9.66. The quantitative estimate of drug-likeness (QED) is 0.0376. The van der Waals surface area contributed by atoms with E-state index in [2.05, 4.69) is 18.9 Å². The molecule has 1 aromatic heterocycles. The molecule has 0 bridgehead atoms. The van der Waals surface area contributed by atoms with Gasteiger partial charge >= 0.3 is 39.2 Å². The zero-order valence-electron chi connectivity index (χ0n) is 24.4. The summed E-state index contributed by atoms with van der Waals surface area (Å²) in [5, 5.41) is 23.8. The molecule has 0 saturated carbocycles. The lowest BCUT2D eigenvalue weighted by molar-refractivity contribution is -0.284. The Hall–Kier alpha value is -3.50. The third kappa shape index (κ3) is 10.2. The number of aromatic amines is 1. The number of nitrogens with one attached hydrogen (secondary N) is 1. The van der Waals surface area contributed by atoms with Crippen molar-refractivity contribution in [1.29, 1.82) is 0 Å². The number of H-pyrrole nitrogens is 1. The molecule has 1 aromatic rings. The van der Waals surface area contributed by atoms with Crippen molar-refractivity contribution in [2.45, 2.75) is 76.0 Å². The number of carbonyl (C=O) groups is 3. The Bertz CT molecular complexity index is 1590. The fourth-order valence-electron chi connectivity index (χ4n) is 4.40. The minimum Gasteiger partial charge on any atom is -0.456 e. The summed E-state index contributed by atoms with van der Waals surface area (Å²) in [5.74, 6) is -3.08. The third-order valence-corrected chi connectivity index (χ3v) is 8.73. The van der Waals surface area contributed by atoms with E-state index >= 15 is 0 Å². The molecule has 2 aliphatic rings. The van der Waals surface area contributed by atoms with Crippen LogP contribution in [0.2, 0.25) is 0 Å². The lowest BCUT2D eigenvalue weighted by atomic mass is 9.98. The van der Waals surface area contributed by atoms with Crippen LogP contribution in [0.1, 0.15) is 27.0 Å². The zero-order valence-corrected chi connectivity index (χ0v) is 26.1. The van der Waals surface area contributed by atoms with Crippen LogP contribution in [0, 0.1) is 0 Å². The summed E-state index contributed by atoms with van der Waals surface area (Å²) >= 11 is 0. The summed E-state index contributed by atoms with van der Waals surface area (Å²) in [7, 11) is -11.5. The van der Waals surface area contributed by atoms with E-state index in [-0.39, 0.29) is 0 Å². The Kier molecular flexibility index (Phi) is 12.6. The average Bonchev–Trinajstić information content (AvgIpc) is 3.21. The van der Waals surface area contributed by atoms with Crippen LogP contribution in [-0.4, -0.2) is 110 Å². The molecule has 0 aromatic carbocycles. The molecule has 262 valence electrons. The number of aromatic nitrogens is 2. The van der Waals surface area contributed by atoms with Gasteiger partial charge < -0.3 is 43.7 Å². The predicted molar refractivity (Wildman–Crippen MR) is 144 cm³/mol. The average molecular weight is 717 g/mol. The second-order valence-corrected chi connectivity index (χ2v) is 12.7. The van der Waals surface area contributed by atoms with E-state index in [1.807, 2.05) is 4.98 Å². The van der Waals surface area contributed by atoms with E-state index in [4.69, 9.17) is 33.7 Å². The number of phosphoric ester groups is 2. The Balaban J connectivity index is 1.79. The van der Waals surface area contributed by atoms with Gasteiger partial charge in [0.15, 0.2) is 24.5 Å². The van der Waals surface area contributed by atoms with Gasteiger partial charge in [0.25, 0.3) is 5.56 Å². The number of carbonyl (C=O) groups excluding carboxylic acids is 3. The second kappa shape index (κ2) is 15.6. The standard InChI is InChI=1S/C21H29N5O19P2/c1-8(27)39-16-11(6-23-25-22)43-20(18(41-10(3)29)17(16)40-9(2)28)44-47(36,37)45-46(34,35)38-7-12-14(31)15(32)19(42-12)26-5-4-13(30)24-21(26)33/h4-5,11-12,14-20,31-32H,6-7H2,1-3H3,(H,34,35)(H,36,37)(H,24,30,33)/t11-,12-,14-,15-,16+,17+,18-,19-,20-/m1/s1. The Morgan fingerprint density at radius 3 is 2.13 bits per heavy atom. The number of nitrogens with zero attached hydrogens (tertiary/aromatic N) is 4. The van der Waals surface area contributed by atoms with E-state index in [1.165, 1.54) is 0 Å². The van der Waals surface area contributed by atoms with Gasteiger partial charge in [0.05, 0.1) is 13.2 Å². The maximum atomic E-state index is 12.9. The van der Waals surface area contributed by atoms with Gasteiger partial charge in [-0.25, -0.2) is 13.9 Å². The van der Waals surface area contributed by atoms with Crippen molar-refractivity contribution in [2.75, 3.05) is 13.2 Å². The van der Waals surface area contributed by atoms with Gasteiger partial charge in [0, 0.05) is 37.9 Å². The first-order valence-electron chi connectivity index (χ1n) is 13.0. The third-order valence-electron chi connectivity index (χ3n) is 6.13. The normalized spacial score (nSPS) is 31.4. The highest BCUT2D eigenvalue weighted by atomic mass is 31.3. The molecule has 0 amide bonds. The summed E-state index contributed by atoms with van der Waals surface area (Å²) in [6.07, 6.45) is -15.3. The molecule has 11 atom stereocenters. The molecule has 24 nitrogen and oxygen atoms in total. The Labute approximate surface area is 261 Å². The van der Waals surface area contributed by atoms with Crippen molar-refractivity contribution in [1.82, 2.24) is 9.55 Å². The summed E-state index contributed by atoms with van der Waals surface area (Å²) in [6, 6.07) is 0.911. The molecule has 2 unspecified atom stereocenters. The van der Waals surface area contributed by atoms with E-state index in [9.17, 15) is 53.1 Å². The van der Waals surface area contributed by atoms with E-state index in [0.717, 1.165) is 33.0 Å². The van der Waals surface area contributed by atoms with Gasteiger partial charge in [-0.2, -0.15) is 4.31 Å². The van der Waals surface area contributed by atoms with Gasteiger partial charge in [-0.3, -0.25) is 37.8 Å². The summed E-state index contributed by atoms with van der Waals surface area (Å²) in [4.78, 5) is 83.7. The van der Waals surface area contributed by atoms with Gasteiger partial charge in [-0.1, -0.05) is 5.11 Å². The van der Waals surface area contributed by atoms with Crippen LogP contribution in [-0.2, 0) is 60.6 Å². The van der Waals surface area contributed by atoms with Crippen LogP contribution in [0.4, 0.5) is 0 Å². The molecule has 2 fully saturated rings. The Morgan fingerprint density at radius 2 is 1.55 bits per heavy atom. The summed E-state index contributed by atoms with van der Waals surface area (Å²) < 4.78 is 65.9. The molecule has 2 aliphatic heterocycles. The SMILES string of the molecule is CC(=O)O[C@H]1[C@@H](OC(C)=O)[C@@H](CN=[N+]=[N-])O[C@H](OP(=O)(O)OP(=O)(O)OC[C@H]2O[C@@H](n3ccc(=O)[nH]c3=O)[C@H](O)[C@@H]2O)[C@@H]1OC(C)=O. The van der Waals surface area contributed by atoms with Gasteiger partial charge in [-0.15, -0.1) is 0 Å². The van der Waals surface area contributed by atoms with Crippen molar-refractivity contribution >= 4 is 33.6 Å². The number of phosphoric acid groups is 2. The van der Waals surface area contributed by atoms with E-state index in [1.54, 1.807) is 0 Å². The number of esters is 3. The topological polar surface area (TPSA) is 344 Å². The first kappa shape index (κ1) is 38.0. The number of aliphatic hydroxyl groups is 2. The first-order chi connectivity index (χ1) is 21.8. The van der Waals surface area contributed by atoms with Gasteiger partial charge in [-0.05, 0) is 5.53 Å². The van der Waals surface area contributed by atoms with Crippen molar-refractivity contribution in [3.63, 3.8) is 0 Å². The molecule has 0 aliphatic carbocycles. The maximum Gasteiger partial charge on any atom is 0.483 e. The number of azide groups is 1. The number of hydrogen-bond acceptors (Lipinski definition) is 18. The van der Waals surface area contributed by atoms with Crippen molar-refractivity contribution in [3.8, 4) is 0 Å². The number of ether oxygens (including phenoxy) is 5. The van der Waals surface area contributed by atoms with Crippen LogP contribution in [0.25, 0.3) is 10.4 Å². The summed E-state index contributed by atoms with van der Waals surface area (Å²) in [6.45, 7) is 0.970. The minimum absolute atomic E-state index is 0.668. The van der Waals surface area contributed by atoms with Crippen molar-refractivity contribution in [2.24, 2.45) is 5.11 Å². The van der Waals surface area contributed by atoms with Crippen LogP contribution in [0.3, 0.4) is 0 Å². The molecule has 2 saturated heterocycles. The van der Waals surface area contributed by atoms with E-state index in [0.29, 0.717) is 4.57 Å². The number of rotatable bonds is 13. The zero-order chi connectivity index (χ0) is 35.3. The molecule has 3 heterocycles. The minimum atomic E-state index is -5.82. The largest absolute Gasteiger partial charge is 0.483 e. The number of aliphatic hydroxyl groups excluding tert-OH is 2. The van der Waals surface area contributed by atoms with Crippen molar-refractivity contribution in [3.05, 3.63) is 43.5 Å². The fraction of sp³-hybridized carbons (Fsp3) is 0.667. The maximum absolute atomic E-state index is 12.9. The smallest absolute Gasteiger partial charge is 0.456 e. The highest BCUT2D eigenvalue weighted by molar-refractivity contribution is 7.61. The van der Waals surface area contributed by atoms with Gasteiger partial charge in [0.2, 0.25) is 6.29 Å². The lowest BCUT2D eigenvalue weighted by Crippen LogP contribution is -2.62. The highest BCUT2D eigenvalue weighted by Gasteiger charge is 2.55. The molecular weight excluding hydrogens is 688 g/mol. The lowest BCUT2D eigenvalue weighted by Gasteiger charge is -2.44. The Morgan fingerprint density at radius 1 is 0.957 bits per heavy atom. The number of hydrogen-bond donors (Lipinski definition) is 5. The molecule has 0 radical (unpaired) electrons. The molecule has 0 spiro atoms. The fourth-order valence-corrected chi connectivity index (χ4v) is 6.55. The van der Waals surface area contributed by atoms with E-state index < -0.39 is 113 Å². The monoisotopic (exact) mass is 717 g/mol. The molecule has 3 rings (SSSR count).